The van der Waals surface area contributed by atoms with Gasteiger partial charge < -0.3 is 4.74 Å². The van der Waals surface area contributed by atoms with E-state index in [-0.39, 0.29) is 23.9 Å². The van der Waals surface area contributed by atoms with Gasteiger partial charge in [-0.05, 0) is 19.4 Å². The standard InChI is InChI=1S/C11H16FN3O/c1-7-4-8(6-16-7)11(15-13)9-2-3-14-5-10(9)12/h2-3,5,7-8,11,15H,4,6,13H2,1H3. The molecule has 0 amide bonds. The fourth-order valence-corrected chi connectivity index (χ4v) is 2.20. The zero-order valence-electron chi connectivity index (χ0n) is 9.19. The largest absolute Gasteiger partial charge is 0.378 e. The van der Waals surface area contributed by atoms with E-state index >= 15 is 0 Å². The van der Waals surface area contributed by atoms with Crippen LogP contribution in [-0.2, 0) is 4.74 Å². The number of nitrogens with one attached hydrogen (secondary N) is 1. The molecule has 3 unspecified atom stereocenters. The smallest absolute Gasteiger partial charge is 0.146 e. The van der Waals surface area contributed by atoms with Crippen molar-refractivity contribution < 1.29 is 9.13 Å². The van der Waals surface area contributed by atoms with Crippen LogP contribution >= 0.6 is 0 Å². The van der Waals surface area contributed by atoms with Crippen molar-refractivity contribution in [1.29, 1.82) is 0 Å². The molecule has 3 N–H and O–H groups in total. The van der Waals surface area contributed by atoms with Gasteiger partial charge in [0.1, 0.15) is 5.82 Å². The first kappa shape index (κ1) is 11.4. The second-order valence-electron chi connectivity index (χ2n) is 4.18. The van der Waals surface area contributed by atoms with Crippen LogP contribution in [0, 0.1) is 11.7 Å². The third-order valence-electron chi connectivity index (χ3n) is 3.02. The molecule has 0 spiro atoms. The maximum Gasteiger partial charge on any atom is 0.146 e. The highest BCUT2D eigenvalue weighted by Gasteiger charge is 2.31. The molecule has 1 aromatic heterocycles. The quantitative estimate of drug-likeness (QED) is 0.598. The zero-order valence-corrected chi connectivity index (χ0v) is 9.19. The molecule has 1 fully saturated rings. The molecule has 0 saturated carbocycles. The first-order valence-electron chi connectivity index (χ1n) is 5.39. The van der Waals surface area contributed by atoms with Crippen LogP contribution in [0.2, 0.25) is 0 Å². The summed E-state index contributed by atoms with van der Waals surface area (Å²) in [6.45, 7) is 2.62. The molecule has 2 heterocycles. The summed E-state index contributed by atoms with van der Waals surface area (Å²) in [5.74, 6) is 5.38. The van der Waals surface area contributed by atoms with Crippen molar-refractivity contribution >= 4 is 0 Å². The Morgan fingerprint density at radius 3 is 3.06 bits per heavy atom. The Bertz CT molecular complexity index is 361. The Labute approximate surface area is 94.0 Å². The lowest BCUT2D eigenvalue weighted by Gasteiger charge is -2.22. The number of nitrogens with zero attached hydrogens (tertiary/aromatic N) is 1. The Morgan fingerprint density at radius 1 is 1.69 bits per heavy atom. The number of hydrogen-bond donors (Lipinski definition) is 2. The maximum absolute atomic E-state index is 13.6. The number of ether oxygens (including phenoxy) is 1. The predicted octanol–water partition coefficient (Wildman–Crippen LogP) is 1.15. The summed E-state index contributed by atoms with van der Waals surface area (Å²) in [5.41, 5.74) is 3.23. The lowest BCUT2D eigenvalue weighted by Crippen LogP contribution is -2.34. The average molecular weight is 225 g/mol. The summed E-state index contributed by atoms with van der Waals surface area (Å²) in [6, 6.07) is 1.44. The van der Waals surface area contributed by atoms with Crippen molar-refractivity contribution in [3.8, 4) is 0 Å². The molecule has 0 aromatic carbocycles. The number of pyridine rings is 1. The molecular weight excluding hydrogens is 209 g/mol. The van der Waals surface area contributed by atoms with E-state index in [9.17, 15) is 4.39 Å². The summed E-state index contributed by atoms with van der Waals surface area (Å²) in [4.78, 5) is 3.73. The van der Waals surface area contributed by atoms with Gasteiger partial charge in [0.2, 0.25) is 0 Å². The summed E-state index contributed by atoms with van der Waals surface area (Å²) in [5, 5.41) is 0. The molecule has 4 nitrogen and oxygen atoms in total. The molecule has 0 radical (unpaired) electrons. The summed E-state index contributed by atoms with van der Waals surface area (Å²) in [7, 11) is 0. The Balaban J connectivity index is 2.19. The fourth-order valence-electron chi connectivity index (χ4n) is 2.20. The van der Waals surface area contributed by atoms with Crippen molar-refractivity contribution in [2.75, 3.05) is 6.61 Å². The van der Waals surface area contributed by atoms with Gasteiger partial charge in [0, 0.05) is 17.7 Å². The molecule has 0 bridgehead atoms. The predicted molar refractivity (Wildman–Crippen MR) is 57.8 cm³/mol. The van der Waals surface area contributed by atoms with E-state index in [1.54, 1.807) is 12.3 Å². The molecule has 1 saturated heterocycles. The van der Waals surface area contributed by atoms with Crippen LogP contribution in [0.3, 0.4) is 0 Å². The summed E-state index contributed by atoms with van der Waals surface area (Å²) < 4.78 is 19.1. The number of rotatable bonds is 3. The molecule has 2 rings (SSSR count). The molecule has 16 heavy (non-hydrogen) atoms. The van der Waals surface area contributed by atoms with E-state index in [0.29, 0.717) is 12.2 Å². The zero-order chi connectivity index (χ0) is 11.5. The molecule has 0 aliphatic carbocycles. The van der Waals surface area contributed by atoms with Crippen LogP contribution in [0.25, 0.3) is 0 Å². The lowest BCUT2D eigenvalue weighted by atomic mass is 9.92. The molecule has 88 valence electrons. The van der Waals surface area contributed by atoms with Crippen LogP contribution in [0.1, 0.15) is 24.9 Å². The normalized spacial score (nSPS) is 26.9. The highest BCUT2D eigenvalue weighted by molar-refractivity contribution is 5.18. The van der Waals surface area contributed by atoms with E-state index in [1.807, 2.05) is 6.92 Å². The van der Waals surface area contributed by atoms with Gasteiger partial charge >= 0.3 is 0 Å². The van der Waals surface area contributed by atoms with Gasteiger partial charge in [0.15, 0.2) is 0 Å². The van der Waals surface area contributed by atoms with Crippen LogP contribution in [0.4, 0.5) is 4.39 Å². The van der Waals surface area contributed by atoms with Gasteiger partial charge in [-0.25, -0.2) is 4.39 Å². The summed E-state index contributed by atoms with van der Waals surface area (Å²) >= 11 is 0. The van der Waals surface area contributed by atoms with Gasteiger partial charge in [-0.3, -0.25) is 16.3 Å². The van der Waals surface area contributed by atoms with E-state index < -0.39 is 0 Å². The first-order chi connectivity index (χ1) is 7.72. The van der Waals surface area contributed by atoms with Crippen molar-refractivity contribution in [3.63, 3.8) is 0 Å². The number of hydrogen-bond acceptors (Lipinski definition) is 4. The molecule has 1 aliphatic rings. The van der Waals surface area contributed by atoms with Crippen molar-refractivity contribution in [2.45, 2.75) is 25.5 Å². The van der Waals surface area contributed by atoms with Gasteiger partial charge in [-0.15, -0.1) is 0 Å². The third kappa shape index (κ3) is 2.21. The number of aromatic nitrogens is 1. The maximum atomic E-state index is 13.6. The van der Waals surface area contributed by atoms with Crippen LogP contribution in [0.15, 0.2) is 18.5 Å². The second kappa shape index (κ2) is 4.86. The molecule has 1 aliphatic heterocycles. The monoisotopic (exact) mass is 225 g/mol. The average Bonchev–Trinajstić information content (AvgIpc) is 2.69. The minimum atomic E-state index is -0.329. The molecular formula is C11H16FN3O. The van der Waals surface area contributed by atoms with Crippen LogP contribution in [-0.4, -0.2) is 17.7 Å². The first-order valence-corrected chi connectivity index (χ1v) is 5.39. The Hall–Kier alpha value is -1.04. The number of hydrazine groups is 1. The minimum absolute atomic E-state index is 0.205. The second-order valence-corrected chi connectivity index (χ2v) is 4.18. The van der Waals surface area contributed by atoms with Gasteiger partial charge in [-0.2, -0.15) is 0 Å². The lowest BCUT2D eigenvalue weighted by molar-refractivity contribution is 0.116. The number of nitrogens with two attached hydrogens (primary N) is 1. The van der Waals surface area contributed by atoms with E-state index in [4.69, 9.17) is 10.6 Å². The van der Waals surface area contributed by atoms with Crippen molar-refractivity contribution in [2.24, 2.45) is 11.8 Å². The third-order valence-corrected chi connectivity index (χ3v) is 3.02. The SMILES string of the molecule is CC1CC(C(NN)c2ccncc2F)CO1. The molecule has 1 aromatic rings. The molecule has 3 atom stereocenters. The highest BCUT2D eigenvalue weighted by Crippen LogP contribution is 2.31. The topological polar surface area (TPSA) is 60.2 Å². The van der Waals surface area contributed by atoms with Crippen LogP contribution < -0.4 is 11.3 Å². The van der Waals surface area contributed by atoms with Crippen molar-refractivity contribution in [3.05, 3.63) is 29.8 Å². The van der Waals surface area contributed by atoms with Crippen LogP contribution in [0.5, 0.6) is 0 Å². The Kier molecular flexibility index (Phi) is 3.48. The van der Waals surface area contributed by atoms with Crippen molar-refractivity contribution in [1.82, 2.24) is 10.4 Å². The van der Waals surface area contributed by atoms with Gasteiger partial charge in [0.25, 0.3) is 0 Å². The highest BCUT2D eigenvalue weighted by atomic mass is 19.1. The van der Waals surface area contributed by atoms with Gasteiger partial charge in [0.05, 0.1) is 24.9 Å². The summed E-state index contributed by atoms with van der Waals surface area (Å²) in [6.07, 6.45) is 3.88. The van der Waals surface area contributed by atoms with E-state index in [0.717, 1.165) is 6.42 Å². The molecule has 5 heteroatoms. The fraction of sp³-hybridized carbons (Fsp3) is 0.545. The van der Waals surface area contributed by atoms with E-state index in [2.05, 4.69) is 10.4 Å². The number of halogens is 1. The van der Waals surface area contributed by atoms with Gasteiger partial charge in [-0.1, -0.05) is 0 Å². The Morgan fingerprint density at radius 2 is 2.50 bits per heavy atom. The minimum Gasteiger partial charge on any atom is -0.378 e. The van der Waals surface area contributed by atoms with E-state index in [1.165, 1.54) is 6.20 Å².